The molecule has 58 heavy (non-hydrogen) atoms. The number of allylic oxidation sites excluding steroid dienone is 3. The predicted molar refractivity (Wildman–Crippen MR) is 228 cm³/mol. The number of aliphatic hydroxyl groups excluding tert-OH is 3. The van der Waals surface area contributed by atoms with Crippen LogP contribution in [0.15, 0.2) is 30.0 Å². The SMILES string of the molecule is CCCC/C=C/CCCCCCCCCCCC(=O)OC[C@H](CO[C@H]1O[C@H](CS(=O)(=O)O)[C@@H](O)C(O)C1O)OC(=O)CCCCCCCC=C=CCCCCCCC. The van der Waals surface area contributed by atoms with E-state index in [9.17, 15) is 37.9 Å². The van der Waals surface area contributed by atoms with Gasteiger partial charge in [0.2, 0.25) is 0 Å². The molecule has 0 radical (unpaired) electrons. The maximum absolute atomic E-state index is 12.8. The number of unbranched alkanes of at least 4 members (excludes halogenated alkanes) is 21. The summed E-state index contributed by atoms with van der Waals surface area (Å²) >= 11 is 0. The number of hydrogen-bond acceptors (Lipinski definition) is 11. The average Bonchev–Trinajstić information content (AvgIpc) is 3.18. The topological polar surface area (TPSA) is 186 Å². The van der Waals surface area contributed by atoms with Crippen LogP contribution in [0.1, 0.15) is 187 Å². The molecule has 0 aromatic carbocycles. The van der Waals surface area contributed by atoms with Crippen LogP contribution in [0, 0.1) is 0 Å². The van der Waals surface area contributed by atoms with Crippen LogP contribution in [0.25, 0.3) is 0 Å². The Morgan fingerprint density at radius 1 is 0.621 bits per heavy atom. The van der Waals surface area contributed by atoms with Gasteiger partial charge in [-0.05, 0) is 69.9 Å². The fraction of sp³-hybridized carbons (Fsp3) is 0.844. The molecule has 1 fully saturated rings. The van der Waals surface area contributed by atoms with Crippen molar-refractivity contribution in [2.24, 2.45) is 0 Å². The molecule has 6 atom stereocenters. The van der Waals surface area contributed by atoms with Crippen molar-refractivity contribution in [3.8, 4) is 0 Å². The van der Waals surface area contributed by atoms with E-state index >= 15 is 0 Å². The van der Waals surface area contributed by atoms with Crippen LogP contribution in [0.3, 0.4) is 0 Å². The molecule has 1 saturated heterocycles. The van der Waals surface area contributed by atoms with Gasteiger partial charge in [0.1, 0.15) is 36.8 Å². The van der Waals surface area contributed by atoms with E-state index < -0.39 is 71.2 Å². The molecule has 1 aliphatic heterocycles. The monoisotopic (exact) mass is 845 g/mol. The van der Waals surface area contributed by atoms with Crippen molar-refractivity contribution in [2.45, 2.75) is 224 Å². The van der Waals surface area contributed by atoms with Gasteiger partial charge in [-0.15, -0.1) is 5.73 Å². The molecule has 2 unspecified atom stereocenters. The fourth-order valence-electron chi connectivity index (χ4n) is 6.69. The minimum Gasteiger partial charge on any atom is -0.462 e. The number of esters is 2. The van der Waals surface area contributed by atoms with Crippen LogP contribution >= 0.6 is 0 Å². The molecule has 338 valence electrons. The summed E-state index contributed by atoms with van der Waals surface area (Å²) in [5, 5.41) is 30.9. The molecule has 0 amide bonds. The molecule has 0 bridgehead atoms. The Labute approximate surface area is 351 Å². The van der Waals surface area contributed by atoms with Crippen molar-refractivity contribution in [3.05, 3.63) is 30.0 Å². The molecule has 0 aromatic heterocycles. The van der Waals surface area contributed by atoms with Crippen LogP contribution in [-0.2, 0) is 38.7 Å². The van der Waals surface area contributed by atoms with Gasteiger partial charge < -0.3 is 34.3 Å². The summed E-state index contributed by atoms with van der Waals surface area (Å²) in [6, 6.07) is 0. The summed E-state index contributed by atoms with van der Waals surface area (Å²) in [6.07, 6.45) is 27.1. The Hall–Kier alpha value is -2.09. The second kappa shape index (κ2) is 35.6. The second-order valence-electron chi connectivity index (χ2n) is 15.8. The zero-order chi connectivity index (χ0) is 42.7. The Kier molecular flexibility index (Phi) is 33.1. The highest BCUT2D eigenvalue weighted by atomic mass is 32.2. The molecule has 1 aliphatic rings. The molecule has 4 N–H and O–H groups in total. The zero-order valence-corrected chi connectivity index (χ0v) is 36.8. The van der Waals surface area contributed by atoms with Crippen molar-refractivity contribution in [3.63, 3.8) is 0 Å². The molecular formula is C45H80O12S. The van der Waals surface area contributed by atoms with Crippen LogP contribution in [0.2, 0.25) is 0 Å². The van der Waals surface area contributed by atoms with E-state index in [1.165, 1.54) is 89.9 Å². The number of rotatable bonds is 37. The van der Waals surface area contributed by atoms with Gasteiger partial charge in [-0.1, -0.05) is 129 Å². The summed E-state index contributed by atoms with van der Waals surface area (Å²) < 4.78 is 54.0. The third-order valence-corrected chi connectivity index (χ3v) is 11.0. The maximum atomic E-state index is 12.8. The molecule has 12 nitrogen and oxygen atoms in total. The Morgan fingerprint density at radius 3 is 1.66 bits per heavy atom. The smallest absolute Gasteiger partial charge is 0.306 e. The molecular weight excluding hydrogens is 765 g/mol. The van der Waals surface area contributed by atoms with Crippen molar-refractivity contribution in [1.29, 1.82) is 0 Å². The van der Waals surface area contributed by atoms with Crippen LogP contribution < -0.4 is 0 Å². The first-order valence-corrected chi connectivity index (χ1v) is 24.2. The largest absolute Gasteiger partial charge is 0.462 e. The minimum absolute atomic E-state index is 0.145. The van der Waals surface area contributed by atoms with E-state index in [2.05, 4.69) is 43.9 Å². The summed E-state index contributed by atoms with van der Waals surface area (Å²) in [4.78, 5) is 25.4. The molecule has 1 heterocycles. The summed E-state index contributed by atoms with van der Waals surface area (Å²) in [5.74, 6) is -2.01. The van der Waals surface area contributed by atoms with Gasteiger partial charge in [0.05, 0.1) is 6.61 Å². The Balaban J connectivity index is 2.47. The molecule has 0 aromatic rings. The number of ether oxygens (including phenoxy) is 4. The van der Waals surface area contributed by atoms with Crippen molar-refractivity contribution >= 4 is 22.1 Å². The standard InChI is InChI=1S/C45H80O12S/c1-3-5-7-9-11-13-15-17-19-21-23-25-27-29-31-33-40(46)54-35-38(36-55-45-44(50)43(49)42(48)39(57-45)37-58(51,52)53)56-41(47)34-32-30-28-26-24-22-20-18-16-14-12-10-8-6-4-2/h9,11,16,20,38-39,42-45,48-50H,3-8,10,12-15,17,19,21-37H2,1-2H3,(H,51,52,53)/b11-9+/t18?,38-,39-,42-,43?,44?,45+/m1/s1. The van der Waals surface area contributed by atoms with Crippen LogP contribution in [0.4, 0.5) is 0 Å². The summed E-state index contributed by atoms with van der Waals surface area (Å²) in [6.45, 7) is 3.69. The van der Waals surface area contributed by atoms with Crippen LogP contribution in [0.5, 0.6) is 0 Å². The number of carbonyl (C=O) groups excluding carboxylic acids is 2. The average molecular weight is 845 g/mol. The van der Waals surface area contributed by atoms with Gasteiger partial charge in [-0.3, -0.25) is 14.1 Å². The van der Waals surface area contributed by atoms with Crippen molar-refractivity contribution in [2.75, 3.05) is 19.0 Å². The molecule has 13 heteroatoms. The van der Waals surface area contributed by atoms with E-state index in [1.54, 1.807) is 0 Å². The molecule has 0 aliphatic carbocycles. The Bertz CT molecular complexity index is 1230. The van der Waals surface area contributed by atoms with Gasteiger partial charge in [-0.25, -0.2) is 0 Å². The number of aliphatic hydroxyl groups is 3. The normalized spacial score (nSPS) is 20.1. The quantitative estimate of drug-likeness (QED) is 0.0153. The van der Waals surface area contributed by atoms with E-state index in [4.69, 9.17) is 18.9 Å². The highest BCUT2D eigenvalue weighted by molar-refractivity contribution is 7.85. The first-order chi connectivity index (χ1) is 28.0. The first-order valence-electron chi connectivity index (χ1n) is 22.6. The first kappa shape index (κ1) is 53.9. The van der Waals surface area contributed by atoms with Gasteiger partial charge in [0.25, 0.3) is 10.1 Å². The number of carbonyl (C=O) groups is 2. The summed E-state index contributed by atoms with van der Waals surface area (Å²) in [7, 11) is -4.60. The maximum Gasteiger partial charge on any atom is 0.306 e. The second-order valence-corrected chi connectivity index (χ2v) is 17.3. The predicted octanol–water partition coefficient (Wildman–Crippen LogP) is 8.99. The van der Waals surface area contributed by atoms with Crippen LogP contribution in [-0.4, -0.2) is 96.0 Å². The minimum atomic E-state index is -4.60. The highest BCUT2D eigenvalue weighted by Crippen LogP contribution is 2.24. The third kappa shape index (κ3) is 30.0. The van der Waals surface area contributed by atoms with Gasteiger partial charge in [0.15, 0.2) is 12.4 Å². The lowest BCUT2D eigenvalue weighted by molar-refractivity contribution is -0.297. The highest BCUT2D eigenvalue weighted by Gasteiger charge is 2.46. The van der Waals surface area contributed by atoms with Crippen molar-refractivity contribution in [1.82, 2.24) is 0 Å². The van der Waals surface area contributed by atoms with Gasteiger partial charge in [0, 0.05) is 12.8 Å². The zero-order valence-electron chi connectivity index (χ0n) is 35.9. The van der Waals surface area contributed by atoms with Gasteiger partial charge in [-0.2, -0.15) is 8.42 Å². The lowest BCUT2D eigenvalue weighted by atomic mass is 10.00. The molecule has 1 rings (SSSR count). The number of hydrogen-bond donors (Lipinski definition) is 4. The van der Waals surface area contributed by atoms with E-state index in [0.717, 1.165) is 57.8 Å². The lowest BCUT2D eigenvalue weighted by Crippen LogP contribution is -2.60. The fourth-order valence-corrected chi connectivity index (χ4v) is 7.38. The molecule has 0 saturated carbocycles. The Morgan fingerprint density at radius 2 is 1.10 bits per heavy atom. The van der Waals surface area contributed by atoms with E-state index in [0.29, 0.717) is 12.8 Å². The van der Waals surface area contributed by atoms with E-state index in [1.807, 2.05) is 0 Å². The van der Waals surface area contributed by atoms with Gasteiger partial charge >= 0.3 is 11.9 Å². The third-order valence-electron chi connectivity index (χ3n) is 10.3. The van der Waals surface area contributed by atoms with Crippen molar-refractivity contribution < 1.29 is 56.8 Å². The summed E-state index contributed by atoms with van der Waals surface area (Å²) in [5.41, 5.74) is 3.28. The van der Waals surface area contributed by atoms with E-state index in [-0.39, 0.29) is 19.4 Å². The lowest BCUT2D eigenvalue weighted by Gasteiger charge is -2.40. The molecule has 0 spiro atoms.